The Labute approximate surface area is 143 Å². The van der Waals surface area contributed by atoms with Gasteiger partial charge < -0.3 is 4.74 Å². The first kappa shape index (κ1) is 15.8. The third-order valence-corrected chi connectivity index (χ3v) is 3.92. The van der Waals surface area contributed by atoms with Crippen LogP contribution in [0, 0.1) is 25.2 Å². The van der Waals surface area contributed by atoms with Crippen molar-refractivity contribution in [1.82, 2.24) is 0 Å². The van der Waals surface area contributed by atoms with Crippen molar-refractivity contribution in [2.75, 3.05) is 0 Å². The summed E-state index contributed by atoms with van der Waals surface area (Å²) in [6.07, 6.45) is 0. The van der Waals surface area contributed by atoms with Crippen molar-refractivity contribution in [3.63, 3.8) is 0 Å². The molecule has 0 bridgehead atoms. The molecule has 0 aliphatic rings. The monoisotopic (exact) mass is 313 g/mol. The van der Waals surface area contributed by atoms with Gasteiger partial charge in [0.25, 0.3) is 0 Å². The standard InChI is InChI=1S/C22H19NO/c1-16-3-9-22(10-4-16)24-15-18-5-7-20(8-6-18)21-12-17(2)11-19(13-21)14-23/h3-13H,15H2,1-2H3. The molecule has 2 heteroatoms. The molecule has 0 saturated carbocycles. The lowest BCUT2D eigenvalue weighted by Crippen LogP contribution is -1.95. The predicted octanol–water partition coefficient (Wildman–Crippen LogP) is 5.42. The molecule has 0 saturated heterocycles. The second kappa shape index (κ2) is 7.02. The third-order valence-electron chi connectivity index (χ3n) is 3.92. The maximum Gasteiger partial charge on any atom is 0.119 e. The first-order chi connectivity index (χ1) is 11.6. The zero-order valence-corrected chi connectivity index (χ0v) is 13.9. The van der Waals surface area contributed by atoms with Gasteiger partial charge in [0.15, 0.2) is 0 Å². The molecule has 0 radical (unpaired) electrons. The summed E-state index contributed by atoms with van der Waals surface area (Å²) in [7, 11) is 0. The molecule has 0 spiro atoms. The van der Waals surface area contributed by atoms with Gasteiger partial charge in [-0.2, -0.15) is 5.26 Å². The Morgan fingerprint density at radius 1 is 0.792 bits per heavy atom. The highest BCUT2D eigenvalue weighted by molar-refractivity contribution is 5.66. The van der Waals surface area contributed by atoms with E-state index in [-0.39, 0.29) is 0 Å². The normalized spacial score (nSPS) is 10.2. The van der Waals surface area contributed by atoms with E-state index in [1.807, 2.05) is 43.3 Å². The van der Waals surface area contributed by atoms with Crippen molar-refractivity contribution < 1.29 is 4.74 Å². The maximum atomic E-state index is 9.11. The molecular weight excluding hydrogens is 294 g/mol. The molecule has 0 heterocycles. The lowest BCUT2D eigenvalue weighted by Gasteiger charge is -2.08. The zero-order chi connectivity index (χ0) is 16.9. The number of nitrogens with zero attached hydrogens (tertiary/aromatic N) is 1. The SMILES string of the molecule is Cc1ccc(OCc2ccc(-c3cc(C)cc(C#N)c3)cc2)cc1. The van der Waals surface area contributed by atoms with Crippen LogP contribution >= 0.6 is 0 Å². The van der Waals surface area contributed by atoms with E-state index in [9.17, 15) is 0 Å². The summed E-state index contributed by atoms with van der Waals surface area (Å²) in [6.45, 7) is 4.61. The molecule has 2 nitrogen and oxygen atoms in total. The van der Waals surface area contributed by atoms with Gasteiger partial charge in [0.2, 0.25) is 0 Å². The number of hydrogen-bond donors (Lipinski definition) is 0. The molecule has 3 aromatic rings. The number of ether oxygens (including phenoxy) is 1. The van der Waals surface area contributed by atoms with Crippen LogP contribution in [0.25, 0.3) is 11.1 Å². The summed E-state index contributed by atoms with van der Waals surface area (Å²) in [6, 6.07) is 24.5. The minimum absolute atomic E-state index is 0.542. The molecule has 3 rings (SSSR count). The van der Waals surface area contributed by atoms with E-state index >= 15 is 0 Å². The topological polar surface area (TPSA) is 33.0 Å². The number of rotatable bonds is 4. The van der Waals surface area contributed by atoms with Gasteiger partial charge in [0.05, 0.1) is 11.6 Å². The van der Waals surface area contributed by atoms with Gasteiger partial charge in [-0.15, -0.1) is 0 Å². The Kier molecular flexibility index (Phi) is 4.63. The van der Waals surface area contributed by atoms with Crippen molar-refractivity contribution in [3.8, 4) is 22.9 Å². The van der Waals surface area contributed by atoms with Crippen molar-refractivity contribution >= 4 is 0 Å². The summed E-state index contributed by atoms with van der Waals surface area (Å²) in [5, 5.41) is 9.11. The summed E-state index contributed by atoms with van der Waals surface area (Å²) in [4.78, 5) is 0. The van der Waals surface area contributed by atoms with E-state index in [0.717, 1.165) is 28.0 Å². The summed E-state index contributed by atoms with van der Waals surface area (Å²) in [5.74, 6) is 0.877. The van der Waals surface area contributed by atoms with Crippen LogP contribution < -0.4 is 4.74 Å². The fourth-order valence-electron chi connectivity index (χ4n) is 2.61. The van der Waals surface area contributed by atoms with E-state index in [1.54, 1.807) is 0 Å². The zero-order valence-electron chi connectivity index (χ0n) is 13.9. The number of nitriles is 1. The van der Waals surface area contributed by atoms with Crippen LogP contribution in [-0.4, -0.2) is 0 Å². The molecule has 0 aliphatic heterocycles. The maximum absolute atomic E-state index is 9.11. The van der Waals surface area contributed by atoms with Crippen LogP contribution in [-0.2, 0) is 6.61 Å². The van der Waals surface area contributed by atoms with Crippen LogP contribution in [0.3, 0.4) is 0 Å². The predicted molar refractivity (Wildman–Crippen MR) is 96.8 cm³/mol. The molecule has 0 fully saturated rings. The molecule has 3 aromatic carbocycles. The van der Waals surface area contributed by atoms with Crippen LogP contribution in [0.15, 0.2) is 66.7 Å². The summed E-state index contributed by atoms with van der Waals surface area (Å²) in [5.41, 5.74) is 6.30. The Bertz CT molecular complexity index is 871. The molecule has 0 aromatic heterocycles. The first-order valence-electron chi connectivity index (χ1n) is 7.94. The van der Waals surface area contributed by atoms with E-state index < -0.39 is 0 Å². The average molecular weight is 313 g/mol. The molecular formula is C22H19NO. The van der Waals surface area contributed by atoms with Gasteiger partial charge in [0.1, 0.15) is 12.4 Å². The third kappa shape index (κ3) is 3.83. The lowest BCUT2D eigenvalue weighted by atomic mass is 10.00. The van der Waals surface area contributed by atoms with Crippen molar-refractivity contribution in [1.29, 1.82) is 5.26 Å². The fraction of sp³-hybridized carbons (Fsp3) is 0.136. The number of benzene rings is 3. The van der Waals surface area contributed by atoms with Gasteiger partial charge >= 0.3 is 0 Å². The van der Waals surface area contributed by atoms with E-state index in [0.29, 0.717) is 12.2 Å². The van der Waals surface area contributed by atoms with E-state index in [2.05, 4.69) is 43.3 Å². The van der Waals surface area contributed by atoms with E-state index in [1.165, 1.54) is 5.56 Å². The Hall–Kier alpha value is -3.05. The minimum atomic E-state index is 0.542. The Morgan fingerprint density at radius 2 is 1.50 bits per heavy atom. The van der Waals surface area contributed by atoms with Gasteiger partial charge in [0, 0.05) is 0 Å². The largest absolute Gasteiger partial charge is 0.489 e. The van der Waals surface area contributed by atoms with Crippen molar-refractivity contribution in [2.24, 2.45) is 0 Å². The Morgan fingerprint density at radius 3 is 2.17 bits per heavy atom. The first-order valence-corrected chi connectivity index (χ1v) is 7.94. The van der Waals surface area contributed by atoms with Crippen LogP contribution in [0.4, 0.5) is 0 Å². The summed E-state index contributed by atoms with van der Waals surface area (Å²) >= 11 is 0. The van der Waals surface area contributed by atoms with Gasteiger partial charge in [-0.05, 0) is 60.4 Å². The second-order valence-corrected chi connectivity index (χ2v) is 6.00. The van der Waals surface area contributed by atoms with Gasteiger partial charge in [-0.1, -0.05) is 48.0 Å². The molecule has 0 unspecified atom stereocenters. The molecule has 0 N–H and O–H groups in total. The fourth-order valence-corrected chi connectivity index (χ4v) is 2.61. The van der Waals surface area contributed by atoms with Crippen molar-refractivity contribution in [3.05, 3.63) is 89.0 Å². The molecule has 118 valence electrons. The molecule has 0 amide bonds. The highest BCUT2D eigenvalue weighted by Crippen LogP contribution is 2.23. The quantitative estimate of drug-likeness (QED) is 0.644. The van der Waals surface area contributed by atoms with Crippen molar-refractivity contribution in [2.45, 2.75) is 20.5 Å². The van der Waals surface area contributed by atoms with Gasteiger partial charge in [-0.25, -0.2) is 0 Å². The molecule has 0 aliphatic carbocycles. The van der Waals surface area contributed by atoms with Crippen LogP contribution in [0.5, 0.6) is 5.75 Å². The van der Waals surface area contributed by atoms with Gasteiger partial charge in [-0.3, -0.25) is 0 Å². The minimum Gasteiger partial charge on any atom is -0.489 e. The van der Waals surface area contributed by atoms with E-state index in [4.69, 9.17) is 10.00 Å². The molecule has 24 heavy (non-hydrogen) atoms. The van der Waals surface area contributed by atoms with Crippen LogP contribution in [0.2, 0.25) is 0 Å². The lowest BCUT2D eigenvalue weighted by molar-refractivity contribution is 0.306. The second-order valence-electron chi connectivity index (χ2n) is 6.00. The average Bonchev–Trinajstić information content (AvgIpc) is 2.61. The number of hydrogen-bond acceptors (Lipinski definition) is 2. The highest BCUT2D eigenvalue weighted by Gasteiger charge is 2.02. The van der Waals surface area contributed by atoms with Crippen LogP contribution in [0.1, 0.15) is 22.3 Å². The Balaban J connectivity index is 1.72. The number of aryl methyl sites for hydroxylation is 2. The highest BCUT2D eigenvalue weighted by atomic mass is 16.5. The molecule has 0 atom stereocenters. The summed E-state index contributed by atoms with van der Waals surface area (Å²) < 4.78 is 5.81. The smallest absolute Gasteiger partial charge is 0.119 e.